The van der Waals surface area contributed by atoms with E-state index in [0.29, 0.717) is 6.54 Å². The third kappa shape index (κ3) is 12.5. The first kappa shape index (κ1) is 13.5. The van der Waals surface area contributed by atoms with Crippen molar-refractivity contribution in [2.24, 2.45) is 0 Å². The molecule has 0 unspecified atom stereocenters. The summed E-state index contributed by atoms with van der Waals surface area (Å²) in [6, 6.07) is 0. The molecule has 0 rings (SSSR count). The van der Waals surface area contributed by atoms with Crippen LogP contribution in [0.25, 0.3) is 0 Å². The predicted molar refractivity (Wildman–Crippen MR) is 56.3 cm³/mol. The van der Waals surface area contributed by atoms with Gasteiger partial charge in [-0.05, 0) is 23.8 Å². The molecule has 0 radical (unpaired) electrons. The molecule has 80 valence electrons. The normalized spacial score (nSPS) is 12.0. The van der Waals surface area contributed by atoms with Gasteiger partial charge in [0.2, 0.25) is 0 Å². The summed E-state index contributed by atoms with van der Waals surface area (Å²) >= 11 is 2.30. The molecule has 0 aromatic heterocycles. The minimum atomic E-state index is -4.07. The van der Waals surface area contributed by atoms with Gasteiger partial charge in [0.05, 0.1) is 6.54 Å². The van der Waals surface area contributed by atoms with Gasteiger partial charge in [-0.15, -0.1) is 0 Å². The Balaban J connectivity index is 3.00. The molecule has 0 amide bonds. The van der Waals surface area contributed by atoms with Crippen LogP contribution in [0, 0.1) is 0 Å². The lowest BCUT2D eigenvalue weighted by Crippen LogP contribution is -2.29. The summed E-state index contributed by atoms with van der Waals surface area (Å²) in [5, 5.41) is 2.38. The van der Waals surface area contributed by atoms with Gasteiger partial charge < -0.3 is 5.32 Å². The minimum absolute atomic E-state index is 0.473. The van der Waals surface area contributed by atoms with Crippen molar-refractivity contribution in [1.82, 2.24) is 5.32 Å². The van der Waals surface area contributed by atoms with Gasteiger partial charge in [-0.25, -0.2) is 0 Å². The second-order valence-electron chi connectivity index (χ2n) is 2.90. The zero-order valence-electron chi connectivity index (χ0n) is 7.46. The van der Waals surface area contributed by atoms with Crippen molar-refractivity contribution in [3.8, 4) is 0 Å². The maximum atomic E-state index is 11.6. The Labute approximate surface area is 90.6 Å². The number of nitrogens with one attached hydrogen (secondary N) is 1. The Morgan fingerprint density at radius 2 is 1.62 bits per heavy atom. The molecule has 0 aromatic carbocycles. The van der Waals surface area contributed by atoms with Crippen LogP contribution >= 0.6 is 22.6 Å². The second kappa shape index (κ2) is 7.84. The van der Waals surface area contributed by atoms with E-state index in [1.807, 2.05) is 0 Å². The second-order valence-corrected chi connectivity index (χ2v) is 3.97. The number of alkyl halides is 4. The van der Waals surface area contributed by atoms with Crippen LogP contribution in [0.5, 0.6) is 0 Å². The molecule has 1 nitrogen and oxygen atoms in total. The highest BCUT2D eigenvalue weighted by Crippen LogP contribution is 2.12. The SMILES string of the molecule is FC(F)(F)CNCCCCCCI. The third-order valence-corrected chi connectivity index (χ3v) is 2.33. The molecule has 0 spiro atoms. The average Bonchev–Trinajstić information content (AvgIpc) is 2.01. The summed E-state index contributed by atoms with van der Waals surface area (Å²) in [5.41, 5.74) is 0. The van der Waals surface area contributed by atoms with E-state index >= 15 is 0 Å². The molecule has 0 aromatic rings. The summed E-state index contributed by atoms with van der Waals surface area (Å²) in [6.45, 7) is -0.389. The van der Waals surface area contributed by atoms with E-state index in [1.165, 1.54) is 6.42 Å². The highest BCUT2D eigenvalue weighted by molar-refractivity contribution is 14.1. The zero-order valence-corrected chi connectivity index (χ0v) is 9.62. The summed E-state index contributed by atoms with van der Waals surface area (Å²) in [5.74, 6) is 0. The molecule has 1 N–H and O–H groups in total. The molecule has 0 bridgehead atoms. The molecule has 13 heavy (non-hydrogen) atoms. The molecule has 0 saturated heterocycles. The standard InChI is InChI=1S/C8H15F3IN/c9-8(10,11)7-13-6-4-2-1-3-5-12/h13H,1-7H2. The maximum Gasteiger partial charge on any atom is 0.401 e. The van der Waals surface area contributed by atoms with E-state index in [-0.39, 0.29) is 0 Å². The molecule has 0 atom stereocenters. The lowest BCUT2D eigenvalue weighted by atomic mass is 10.2. The van der Waals surface area contributed by atoms with Crippen LogP contribution in [-0.2, 0) is 0 Å². The first-order valence-corrected chi connectivity index (χ1v) is 5.92. The Hall–Kier alpha value is 0.480. The van der Waals surface area contributed by atoms with Crippen LogP contribution < -0.4 is 5.32 Å². The van der Waals surface area contributed by atoms with Gasteiger partial charge in [-0.2, -0.15) is 13.2 Å². The quantitative estimate of drug-likeness (QED) is 0.433. The zero-order chi connectivity index (χ0) is 10.2. The van der Waals surface area contributed by atoms with Crippen molar-refractivity contribution < 1.29 is 13.2 Å². The van der Waals surface area contributed by atoms with Gasteiger partial charge in [0.25, 0.3) is 0 Å². The lowest BCUT2D eigenvalue weighted by molar-refractivity contribution is -0.124. The Morgan fingerprint density at radius 1 is 1.00 bits per heavy atom. The number of halogens is 4. The number of rotatable bonds is 7. The fourth-order valence-electron chi connectivity index (χ4n) is 0.928. The number of unbranched alkanes of at least 4 members (excludes halogenated alkanes) is 3. The van der Waals surface area contributed by atoms with Crippen molar-refractivity contribution in [1.29, 1.82) is 0 Å². The predicted octanol–water partition coefficient (Wildman–Crippen LogP) is 3.13. The fourth-order valence-corrected chi connectivity index (χ4v) is 1.47. The van der Waals surface area contributed by atoms with Crippen molar-refractivity contribution in [3.05, 3.63) is 0 Å². The molecule has 0 heterocycles. The highest BCUT2D eigenvalue weighted by Gasteiger charge is 2.25. The monoisotopic (exact) mass is 309 g/mol. The van der Waals surface area contributed by atoms with Gasteiger partial charge in [-0.1, -0.05) is 35.4 Å². The van der Waals surface area contributed by atoms with Crippen LogP contribution in [0.2, 0.25) is 0 Å². The summed E-state index contributed by atoms with van der Waals surface area (Å²) in [6.07, 6.45) is 0.0826. The van der Waals surface area contributed by atoms with E-state index < -0.39 is 12.7 Å². The lowest BCUT2D eigenvalue weighted by Gasteiger charge is -2.07. The minimum Gasteiger partial charge on any atom is -0.309 e. The molecule has 0 aliphatic heterocycles. The van der Waals surface area contributed by atoms with Gasteiger partial charge >= 0.3 is 6.18 Å². The topological polar surface area (TPSA) is 12.0 Å². The maximum absolute atomic E-state index is 11.6. The molecular weight excluding hydrogens is 294 g/mol. The molecule has 0 aliphatic carbocycles. The molecule has 0 saturated carbocycles. The molecular formula is C8H15F3IN. The Bertz CT molecular complexity index is 116. The van der Waals surface area contributed by atoms with E-state index in [9.17, 15) is 13.2 Å². The van der Waals surface area contributed by atoms with E-state index in [2.05, 4.69) is 27.9 Å². The summed E-state index contributed by atoms with van der Waals surface area (Å²) in [7, 11) is 0. The smallest absolute Gasteiger partial charge is 0.309 e. The van der Waals surface area contributed by atoms with Gasteiger partial charge in [0.1, 0.15) is 0 Å². The average molecular weight is 309 g/mol. The van der Waals surface area contributed by atoms with E-state index in [0.717, 1.165) is 23.7 Å². The van der Waals surface area contributed by atoms with Gasteiger partial charge in [-0.3, -0.25) is 0 Å². The Kier molecular flexibility index (Phi) is 8.13. The molecule has 0 fully saturated rings. The summed E-state index contributed by atoms with van der Waals surface area (Å²) in [4.78, 5) is 0. The Morgan fingerprint density at radius 3 is 2.15 bits per heavy atom. The first-order chi connectivity index (χ1) is 6.06. The fraction of sp³-hybridized carbons (Fsp3) is 1.00. The van der Waals surface area contributed by atoms with Gasteiger partial charge in [0.15, 0.2) is 0 Å². The number of hydrogen-bond acceptors (Lipinski definition) is 1. The van der Waals surface area contributed by atoms with Crippen molar-refractivity contribution in [2.75, 3.05) is 17.5 Å². The number of hydrogen-bond donors (Lipinski definition) is 1. The van der Waals surface area contributed by atoms with Gasteiger partial charge in [0, 0.05) is 0 Å². The summed E-state index contributed by atoms with van der Waals surface area (Å²) < 4.78 is 36.0. The third-order valence-electron chi connectivity index (χ3n) is 1.56. The van der Waals surface area contributed by atoms with Crippen LogP contribution in [-0.4, -0.2) is 23.7 Å². The van der Waals surface area contributed by atoms with Crippen molar-refractivity contribution >= 4 is 22.6 Å². The molecule has 0 aliphatic rings. The van der Waals surface area contributed by atoms with Crippen LogP contribution in [0.15, 0.2) is 0 Å². The largest absolute Gasteiger partial charge is 0.401 e. The van der Waals surface area contributed by atoms with E-state index in [4.69, 9.17) is 0 Å². The first-order valence-electron chi connectivity index (χ1n) is 4.39. The van der Waals surface area contributed by atoms with Crippen LogP contribution in [0.3, 0.4) is 0 Å². The van der Waals surface area contributed by atoms with Crippen molar-refractivity contribution in [3.63, 3.8) is 0 Å². The van der Waals surface area contributed by atoms with E-state index in [1.54, 1.807) is 0 Å². The van der Waals surface area contributed by atoms with Crippen LogP contribution in [0.4, 0.5) is 13.2 Å². The highest BCUT2D eigenvalue weighted by atomic mass is 127. The van der Waals surface area contributed by atoms with Crippen molar-refractivity contribution in [2.45, 2.75) is 31.9 Å². The van der Waals surface area contributed by atoms with Crippen LogP contribution in [0.1, 0.15) is 25.7 Å². The molecule has 5 heteroatoms.